The summed E-state index contributed by atoms with van der Waals surface area (Å²) >= 11 is 0. The quantitative estimate of drug-likeness (QED) is 0.153. The molecule has 0 aromatic heterocycles. The molecule has 0 fully saturated rings. The van der Waals surface area contributed by atoms with Gasteiger partial charge < -0.3 is 5.41 Å². The van der Waals surface area contributed by atoms with E-state index in [4.69, 9.17) is 5.41 Å². The van der Waals surface area contributed by atoms with Crippen LogP contribution in [0.25, 0.3) is 54.6 Å². The normalized spacial score (nSPS) is 11.7. The van der Waals surface area contributed by atoms with E-state index in [2.05, 4.69) is 67.2 Å². The highest BCUT2D eigenvalue weighted by atomic mass is 19.1. The van der Waals surface area contributed by atoms with E-state index in [9.17, 15) is 4.39 Å². The maximum absolute atomic E-state index is 13.7. The third kappa shape index (κ3) is 3.51. The second kappa shape index (κ2) is 8.34. The van der Waals surface area contributed by atoms with Crippen LogP contribution in [0.4, 0.5) is 4.39 Å². The van der Waals surface area contributed by atoms with Crippen molar-refractivity contribution in [3.05, 3.63) is 133 Å². The van der Waals surface area contributed by atoms with E-state index in [1.807, 2.05) is 24.3 Å². The first-order chi connectivity index (χ1) is 17.1. The van der Waals surface area contributed by atoms with Crippen LogP contribution in [0.5, 0.6) is 0 Å². The topological polar surface area (TPSA) is 23.9 Å². The highest BCUT2D eigenvalue weighted by Gasteiger charge is 2.16. The first-order valence-electron chi connectivity index (χ1n) is 11.6. The monoisotopic (exact) mass is 451 g/mol. The highest BCUT2D eigenvalue weighted by Crippen LogP contribution is 2.43. The molecule has 0 saturated heterocycles. The van der Waals surface area contributed by atoms with E-state index >= 15 is 0 Å². The molecule has 0 amide bonds. The molecule has 0 atom stereocenters. The molecule has 2 heteroatoms. The van der Waals surface area contributed by atoms with Gasteiger partial charge in [0.2, 0.25) is 0 Å². The van der Waals surface area contributed by atoms with Crippen LogP contribution in [0.15, 0.2) is 122 Å². The van der Waals surface area contributed by atoms with E-state index in [0.717, 1.165) is 33.2 Å². The maximum atomic E-state index is 13.7. The Labute approximate surface area is 203 Å². The summed E-state index contributed by atoms with van der Waals surface area (Å²) in [5.74, 6) is -0.241. The minimum absolute atomic E-state index is 0.241. The zero-order valence-electron chi connectivity index (χ0n) is 19.1. The zero-order valence-corrected chi connectivity index (χ0v) is 19.1. The van der Waals surface area contributed by atoms with Crippen molar-refractivity contribution in [2.75, 3.05) is 0 Å². The van der Waals surface area contributed by atoms with E-state index in [1.165, 1.54) is 39.1 Å². The molecule has 0 aliphatic heterocycles. The van der Waals surface area contributed by atoms with Crippen molar-refractivity contribution in [3.63, 3.8) is 0 Å². The Morgan fingerprint density at radius 1 is 0.686 bits per heavy atom. The third-order valence-electron chi connectivity index (χ3n) is 6.71. The van der Waals surface area contributed by atoms with Crippen molar-refractivity contribution < 1.29 is 4.39 Å². The second-order valence-electron chi connectivity index (χ2n) is 8.74. The van der Waals surface area contributed by atoms with Gasteiger partial charge in [-0.15, -0.1) is 0 Å². The first kappa shape index (κ1) is 21.0. The van der Waals surface area contributed by atoms with Gasteiger partial charge in [0.15, 0.2) is 0 Å². The molecule has 35 heavy (non-hydrogen) atoms. The van der Waals surface area contributed by atoms with Gasteiger partial charge in [-0.2, -0.15) is 0 Å². The van der Waals surface area contributed by atoms with Gasteiger partial charge in [-0.3, -0.25) is 0 Å². The van der Waals surface area contributed by atoms with Gasteiger partial charge >= 0.3 is 0 Å². The summed E-state index contributed by atoms with van der Waals surface area (Å²) in [5.41, 5.74) is 5.56. The number of nitrogens with one attached hydrogen (secondary N) is 1. The van der Waals surface area contributed by atoms with Crippen molar-refractivity contribution in [2.24, 2.45) is 0 Å². The fourth-order valence-electron chi connectivity index (χ4n) is 5.03. The molecule has 6 rings (SSSR count). The van der Waals surface area contributed by atoms with Gasteiger partial charge in [0.1, 0.15) is 5.82 Å². The summed E-state index contributed by atoms with van der Waals surface area (Å²) in [5, 5.41) is 15.5. The van der Waals surface area contributed by atoms with Crippen molar-refractivity contribution in [1.29, 1.82) is 5.41 Å². The lowest BCUT2D eigenvalue weighted by atomic mass is 9.85. The van der Waals surface area contributed by atoms with Gasteiger partial charge in [-0.05, 0) is 84.4 Å². The number of halogens is 1. The number of hydrogen-bond acceptors (Lipinski definition) is 1. The van der Waals surface area contributed by atoms with Gasteiger partial charge in [0.25, 0.3) is 0 Å². The standard InChI is InChI=1S/C33H22FN/c1-2-3-7-31(35)23-10-8-21(9-11-23)29-20-30(22-12-16-26(34)17-13-22)28-19-15-25-6-4-5-24-14-18-27(29)33(28)32(24)25/h2-20,35H,1H2/b7-3-,35-31?. The minimum atomic E-state index is -0.241. The predicted molar refractivity (Wildman–Crippen MR) is 147 cm³/mol. The molecule has 6 aromatic rings. The Morgan fingerprint density at radius 2 is 1.26 bits per heavy atom. The third-order valence-corrected chi connectivity index (χ3v) is 6.71. The second-order valence-corrected chi connectivity index (χ2v) is 8.74. The summed E-state index contributed by atoms with van der Waals surface area (Å²) in [6, 6.07) is 32.2. The summed E-state index contributed by atoms with van der Waals surface area (Å²) in [7, 11) is 0. The lowest BCUT2D eigenvalue weighted by molar-refractivity contribution is 0.628. The van der Waals surface area contributed by atoms with Crippen LogP contribution >= 0.6 is 0 Å². The average Bonchev–Trinajstić information content (AvgIpc) is 2.90. The highest BCUT2D eigenvalue weighted by molar-refractivity contribution is 6.28. The predicted octanol–water partition coefficient (Wildman–Crippen LogP) is 9.17. The molecule has 0 aliphatic rings. The molecule has 6 aromatic carbocycles. The number of hydrogen-bond donors (Lipinski definition) is 1. The number of rotatable bonds is 5. The summed E-state index contributed by atoms with van der Waals surface area (Å²) in [4.78, 5) is 0. The Morgan fingerprint density at radius 3 is 1.83 bits per heavy atom. The Balaban J connectivity index is 1.65. The Kier molecular flexibility index (Phi) is 5.00. The fraction of sp³-hybridized carbons (Fsp3) is 0. The van der Waals surface area contributed by atoms with Crippen LogP contribution in [0, 0.1) is 11.2 Å². The summed E-state index contributed by atoms with van der Waals surface area (Å²) in [6.45, 7) is 3.68. The molecular formula is C33H22FN. The van der Waals surface area contributed by atoms with Crippen molar-refractivity contribution in [3.8, 4) is 22.3 Å². The molecule has 0 bridgehead atoms. The molecule has 1 nitrogen and oxygen atoms in total. The summed E-state index contributed by atoms with van der Waals surface area (Å²) in [6.07, 6.45) is 5.18. The molecule has 1 N–H and O–H groups in total. The lowest BCUT2D eigenvalue weighted by Crippen LogP contribution is -1.94. The van der Waals surface area contributed by atoms with Crippen LogP contribution in [-0.2, 0) is 0 Å². The SMILES string of the molecule is C=C/C=C\C(=N)c1ccc(-c2cc(-c3ccc(F)cc3)c3ccc4cccc5ccc2c3c45)cc1. The smallest absolute Gasteiger partial charge is 0.123 e. The van der Waals surface area contributed by atoms with Crippen molar-refractivity contribution in [2.45, 2.75) is 0 Å². The van der Waals surface area contributed by atoms with Crippen molar-refractivity contribution >= 4 is 38.0 Å². The van der Waals surface area contributed by atoms with Crippen molar-refractivity contribution in [1.82, 2.24) is 0 Å². The molecule has 0 saturated carbocycles. The first-order valence-corrected chi connectivity index (χ1v) is 11.6. The largest absolute Gasteiger partial charge is 0.300 e. The molecule has 166 valence electrons. The van der Waals surface area contributed by atoms with Crippen LogP contribution in [0.3, 0.4) is 0 Å². The molecule has 0 unspecified atom stereocenters. The zero-order chi connectivity index (χ0) is 23.9. The Bertz CT molecular complexity index is 1740. The number of allylic oxidation sites excluding steroid dienone is 3. The van der Waals surface area contributed by atoms with Gasteiger partial charge in [0, 0.05) is 0 Å². The van der Waals surface area contributed by atoms with Gasteiger partial charge in [-0.1, -0.05) is 97.6 Å². The van der Waals surface area contributed by atoms with E-state index in [-0.39, 0.29) is 5.82 Å². The molecule has 0 aliphatic carbocycles. The van der Waals surface area contributed by atoms with Crippen LogP contribution in [0.2, 0.25) is 0 Å². The van der Waals surface area contributed by atoms with E-state index < -0.39 is 0 Å². The molecule has 0 spiro atoms. The maximum Gasteiger partial charge on any atom is 0.123 e. The molecule has 0 radical (unpaired) electrons. The van der Waals surface area contributed by atoms with Crippen LogP contribution in [0.1, 0.15) is 5.56 Å². The van der Waals surface area contributed by atoms with Gasteiger partial charge in [-0.25, -0.2) is 4.39 Å². The Hall–Kier alpha value is -4.56. The lowest BCUT2D eigenvalue weighted by Gasteiger charge is -2.18. The fourth-order valence-corrected chi connectivity index (χ4v) is 5.03. The van der Waals surface area contributed by atoms with Crippen LogP contribution in [-0.4, -0.2) is 5.71 Å². The molecular weight excluding hydrogens is 429 g/mol. The average molecular weight is 452 g/mol. The van der Waals surface area contributed by atoms with E-state index in [1.54, 1.807) is 18.2 Å². The van der Waals surface area contributed by atoms with E-state index in [0.29, 0.717) is 5.71 Å². The molecule has 0 heterocycles. The van der Waals surface area contributed by atoms with Crippen LogP contribution < -0.4 is 0 Å². The summed E-state index contributed by atoms with van der Waals surface area (Å²) < 4.78 is 13.7. The van der Waals surface area contributed by atoms with Gasteiger partial charge in [0.05, 0.1) is 5.71 Å². The number of benzene rings is 6. The minimum Gasteiger partial charge on any atom is -0.300 e.